The van der Waals surface area contributed by atoms with Crippen molar-refractivity contribution in [1.82, 2.24) is 9.21 Å². The van der Waals surface area contributed by atoms with E-state index in [-0.39, 0.29) is 32.7 Å². The van der Waals surface area contributed by atoms with Crippen molar-refractivity contribution in [3.63, 3.8) is 0 Å². The summed E-state index contributed by atoms with van der Waals surface area (Å²) in [5, 5.41) is 30.2. The van der Waals surface area contributed by atoms with Gasteiger partial charge in [-0.15, -0.1) is 4.52 Å². The lowest BCUT2D eigenvalue weighted by atomic mass is 10.1. The molecule has 0 aromatic heterocycles. The molecular formula is C42H42N3O9P3. The molecule has 0 saturated carbocycles. The van der Waals surface area contributed by atoms with E-state index in [2.05, 4.69) is 0 Å². The molecule has 0 amide bonds. The Hall–Kier alpha value is -4.99. The summed E-state index contributed by atoms with van der Waals surface area (Å²) in [6.07, 6.45) is 0.901. The summed E-state index contributed by atoms with van der Waals surface area (Å²) < 4.78 is 36.6. The Morgan fingerprint density at radius 3 is 1.35 bits per heavy atom. The van der Waals surface area contributed by atoms with E-state index < -0.39 is 24.6 Å². The average molecular weight is 826 g/mol. The van der Waals surface area contributed by atoms with Crippen molar-refractivity contribution in [2.24, 2.45) is 4.52 Å². The van der Waals surface area contributed by atoms with Gasteiger partial charge < -0.3 is 43.1 Å². The van der Waals surface area contributed by atoms with Gasteiger partial charge in [0, 0.05) is 29.0 Å². The zero-order chi connectivity index (χ0) is 39.3. The number of nitrogens with zero attached hydrogens (tertiary/aromatic N) is 3. The van der Waals surface area contributed by atoms with Gasteiger partial charge in [-0.1, -0.05) is 109 Å². The highest BCUT2D eigenvalue weighted by Crippen LogP contribution is 2.78. The second-order valence-corrected chi connectivity index (χ2v) is 17.8. The third-order valence-corrected chi connectivity index (χ3v) is 15.1. The lowest BCUT2D eigenvalue weighted by molar-refractivity contribution is 0.0544. The summed E-state index contributed by atoms with van der Waals surface area (Å²) in [6, 6.07) is 49.8. The van der Waals surface area contributed by atoms with Crippen LogP contribution < -0.4 is 27.8 Å². The summed E-state index contributed by atoms with van der Waals surface area (Å²) >= 11 is 0. The van der Waals surface area contributed by atoms with E-state index in [1.54, 1.807) is 28.9 Å². The van der Waals surface area contributed by atoms with E-state index in [1.165, 1.54) is 4.60 Å². The zero-order valence-electron chi connectivity index (χ0n) is 30.8. The first-order valence-electron chi connectivity index (χ1n) is 18.2. The van der Waals surface area contributed by atoms with Crippen molar-refractivity contribution in [1.29, 1.82) is 0 Å². The van der Waals surface area contributed by atoms with Crippen LogP contribution >= 0.6 is 24.6 Å². The quantitative estimate of drug-likeness (QED) is 0.0715. The number of aliphatic hydroxyl groups is 3. The number of hydrogen-bond donors (Lipinski definition) is 3. The number of benzene rings is 6. The molecule has 0 saturated heterocycles. The van der Waals surface area contributed by atoms with Crippen molar-refractivity contribution < 1.29 is 43.1 Å². The molecule has 0 bridgehead atoms. The molecule has 2 atom stereocenters. The molecule has 294 valence electrons. The molecule has 6 aromatic rings. The highest BCUT2D eigenvalue weighted by Gasteiger charge is 2.58. The minimum atomic E-state index is -4.06. The topological polar surface area (TPSA) is 135 Å². The van der Waals surface area contributed by atoms with Crippen LogP contribution in [-0.2, 0) is 19.3 Å². The number of rotatable bonds is 18. The van der Waals surface area contributed by atoms with E-state index >= 15 is 0 Å². The zero-order valence-corrected chi connectivity index (χ0v) is 33.5. The third-order valence-electron chi connectivity index (χ3n) is 8.31. The van der Waals surface area contributed by atoms with Crippen molar-refractivity contribution in [3.05, 3.63) is 180 Å². The van der Waals surface area contributed by atoms with Crippen molar-refractivity contribution in [2.45, 2.75) is 19.3 Å². The van der Waals surface area contributed by atoms with Crippen LogP contribution in [0.1, 0.15) is 16.7 Å². The smallest absolute Gasteiger partial charge is 0.440 e. The van der Waals surface area contributed by atoms with Gasteiger partial charge in [0.25, 0.3) is 0 Å². The lowest BCUT2D eigenvalue weighted by Crippen LogP contribution is -2.37. The summed E-state index contributed by atoms with van der Waals surface area (Å²) in [6.45, 7) is -0.366. The van der Waals surface area contributed by atoms with Crippen LogP contribution in [0, 0.1) is 0 Å². The molecule has 0 radical (unpaired) electrons. The molecule has 1 aliphatic rings. The molecule has 7 rings (SSSR count). The average Bonchev–Trinajstić information content (AvgIpc) is 3.24. The van der Waals surface area contributed by atoms with Crippen LogP contribution in [0.2, 0.25) is 0 Å². The summed E-state index contributed by atoms with van der Waals surface area (Å²) in [5.74, 6) is 2.66. The Balaban J connectivity index is 1.52. The fourth-order valence-corrected chi connectivity index (χ4v) is 13.2. The molecule has 1 heterocycles. The maximum absolute atomic E-state index is 10.1. The molecular weight excluding hydrogens is 783 g/mol. The van der Waals surface area contributed by atoms with E-state index in [0.717, 1.165) is 5.56 Å². The summed E-state index contributed by atoms with van der Waals surface area (Å²) in [7, 11) is -8.64. The molecule has 0 spiro atoms. The van der Waals surface area contributed by atoms with Crippen molar-refractivity contribution in [2.75, 3.05) is 19.8 Å². The lowest BCUT2D eigenvalue weighted by Gasteiger charge is -2.44. The highest BCUT2D eigenvalue weighted by atomic mass is 31.3. The number of hydrogen-bond acceptors (Lipinski definition) is 12. The molecule has 12 nitrogen and oxygen atoms in total. The highest BCUT2D eigenvalue weighted by molar-refractivity contribution is 7.78. The van der Waals surface area contributed by atoms with E-state index in [4.69, 9.17) is 32.3 Å². The van der Waals surface area contributed by atoms with Crippen LogP contribution in [0.5, 0.6) is 34.5 Å². The molecule has 3 N–H and O–H groups in total. The molecule has 1 aliphatic heterocycles. The minimum absolute atomic E-state index is 0.103. The van der Waals surface area contributed by atoms with Crippen LogP contribution in [0.3, 0.4) is 0 Å². The Morgan fingerprint density at radius 1 is 0.456 bits per heavy atom. The molecule has 15 heteroatoms. The Morgan fingerprint density at radius 2 is 0.860 bits per heavy atom. The van der Waals surface area contributed by atoms with Crippen LogP contribution in [0.15, 0.2) is 168 Å². The molecule has 6 aromatic carbocycles. The minimum Gasteiger partial charge on any atom is -0.440 e. The van der Waals surface area contributed by atoms with Gasteiger partial charge in [-0.3, -0.25) is 0 Å². The molecule has 57 heavy (non-hydrogen) atoms. The van der Waals surface area contributed by atoms with Gasteiger partial charge in [-0.25, -0.2) is 0 Å². The van der Waals surface area contributed by atoms with Crippen LogP contribution in [0.4, 0.5) is 0 Å². The van der Waals surface area contributed by atoms with Crippen molar-refractivity contribution >= 4 is 24.6 Å². The van der Waals surface area contributed by atoms with Gasteiger partial charge in [-0.05, 0) is 90.6 Å². The van der Waals surface area contributed by atoms with Gasteiger partial charge in [-0.2, -0.15) is 0 Å². The van der Waals surface area contributed by atoms with Gasteiger partial charge >= 0.3 is 24.6 Å². The summed E-state index contributed by atoms with van der Waals surface area (Å²) in [5.41, 5.74) is 2.16. The fourth-order valence-electron chi connectivity index (χ4n) is 5.63. The standard InChI is InChI=1S/C42H42N3O9P3/c46-31-28-34-16-10-13-25-40(34)52-55-43-57(53-41-26-14-11-17-35(41)29-32-47,54-42-27-15-12-18-36(42)30-33-48)45(50-38-21-6-2-7-22-38)56(51-39-23-8-3-9-24-39)44(55)49-37-19-4-1-5-20-37/h1-27,46-48H,28-33H2. The molecule has 0 fully saturated rings. The Labute approximate surface area is 334 Å². The second kappa shape index (κ2) is 19.9. The predicted octanol–water partition coefficient (Wildman–Crippen LogP) is 9.91. The third kappa shape index (κ3) is 10.1. The second-order valence-electron chi connectivity index (χ2n) is 12.3. The number of para-hydroxylation sites is 6. The van der Waals surface area contributed by atoms with Gasteiger partial charge in [0.15, 0.2) is 0 Å². The maximum atomic E-state index is 10.1. The molecule has 0 aliphatic carbocycles. The largest absolute Gasteiger partial charge is 0.447 e. The Kier molecular flexibility index (Phi) is 14.1. The van der Waals surface area contributed by atoms with Gasteiger partial charge in [0.2, 0.25) is 0 Å². The van der Waals surface area contributed by atoms with Gasteiger partial charge in [0.05, 0.1) is 0 Å². The SMILES string of the molecule is OCCc1ccccc1OP1N=P(Oc2ccccc2CCO)(Oc2ccccc2CCO)N(Oc2ccccc2)P(Oc2ccccc2)N1Oc1ccccc1. The number of aliphatic hydroxyl groups excluding tert-OH is 3. The normalized spacial score (nSPS) is 16.5. The van der Waals surface area contributed by atoms with Crippen LogP contribution in [-0.4, -0.2) is 44.3 Å². The first kappa shape index (κ1) is 40.2. The first-order chi connectivity index (χ1) is 28.1. The fraction of sp³-hybridized carbons (Fsp3) is 0.143. The van der Waals surface area contributed by atoms with Crippen molar-refractivity contribution in [3.8, 4) is 34.5 Å². The van der Waals surface area contributed by atoms with E-state index in [9.17, 15) is 15.3 Å². The summed E-state index contributed by atoms with van der Waals surface area (Å²) in [4.78, 5) is 13.6. The Bertz CT molecular complexity index is 2170. The van der Waals surface area contributed by atoms with Crippen LogP contribution in [0.25, 0.3) is 0 Å². The first-order valence-corrected chi connectivity index (χ1v) is 22.1. The predicted molar refractivity (Wildman–Crippen MR) is 222 cm³/mol. The van der Waals surface area contributed by atoms with Gasteiger partial charge in [0.1, 0.15) is 34.5 Å². The van der Waals surface area contributed by atoms with E-state index in [1.807, 2.05) is 140 Å². The van der Waals surface area contributed by atoms with E-state index in [0.29, 0.717) is 52.0 Å². The molecule has 2 unspecified atom stereocenters. The monoisotopic (exact) mass is 825 g/mol. The maximum Gasteiger partial charge on any atom is 0.447 e.